The maximum Gasteiger partial charge on any atom is 0.137 e. The SMILES string of the molecule is COc1cncc([C@H]2CNCCN2)c1. The van der Waals surface area contributed by atoms with Crippen LogP contribution in [-0.4, -0.2) is 31.7 Å². The minimum absolute atomic E-state index is 0.353. The van der Waals surface area contributed by atoms with Gasteiger partial charge in [0.25, 0.3) is 0 Å². The lowest BCUT2D eigenvalue weighted by Crippen LogP contribution is -2.42. The summed E-state index contributed by atoms with van der Waals surface area (Å²) in [7, 11) is 1.66. The summed E-state index contributed by atoms with van der Waals surface area (Å²) in [6.07, 6.45) is 3.60. The number of pyridine rings is 1. The van der Waals surface area contributed by atoms with Gasteiger partial charge >= 0.3 is 0 Å². The van der Waals surface area contributed by atoms with Crippen molar-refractivity contribution >= 4 is 0 Å². The molecule has 2 rings (SSSR count). The molecule has 2 N–H and O–H groups in total. The Kier molecular flexibility index (Phi) is 2.96. The molecule has 1 aromatic heterocycles. The summed E-state index contributed by atoms with van der Waals surface area (Å²) in [5.41, 5.74) is 1.18. The average Bonchev–Trinajstić information content (AvgIpc) is 2.30. The van der Waals surface area contributed by atoms with Gasteiger partial charge in [-0.3, -0.25) is 4.98 Å². The van der Waals surface area contributed by atoms with Gasteiger partial charge in [-0.2, -0.15) is 0 Å². The molecule has 4 nitrogen and oxygen atoms in total. The zero-order chi connectivity index (χ0) is 9.80. The lowest BCUT2D eigenvalue weighted by molar-refractivity contribution is 0.404. The fourth-order valence-electron chi connectivity index (χ4n) is 1.63. The van der Waals surface area contributed by atoms with Crippen molar-refractivity contribution in [2.24, 2.45) is 0 Å². The van der Waals surface area contributed by atoms with Crippen molar-refractivity contribution in [2.75, 3.05) is 26.7 Å². The number of hydrogen-bond acceptors (Lipinski definition) is 4. The molecule has 1 fully saturated rings. The van der Waals surface area contributed by atoms with Crippen molar-refractivity contribution in [3.63, 3.8) is 0 Å². The van der Waals surface area contributed by atoms with Crippen molar-refractivity contribution in [3.8, 4) is 5.75 Å². The molecule has 2 heterocycles. The molecule has 4 heteroatoms. The monoisotopic (exact) mass is 193 g/mol. The Balaban J connectivity index is 2.13. The van der Waals surface area contributed by atoms with E-state index in [2.05, 4.69) is 15.6 Å². The minimum atomic E-state index is 0.353. The smallest absolute Gasteiger partial charge is 0.137 e. The van der Waals surface area contributed by atoms with Crippen LogP contribution in [0.1, 0.15) is 11.6 Å². The van der Waals surface area contributed by atoms with Crippen molar-refractivity contribution in [3.05, 3.63) is 24.0 Å². The first kappa shape index (κ1) is 9.43. The molecule has 0 aromatic carbocycles. The normalized spacial score (nSPS) is 21.9. The van der Waals surface area contributed by atoms with Crippen molar-refractivity contribution in [1.82, 2.24) is 15.6 Å². The molecular formula is C10H15N3O. The lowest BCUT2D eigenvalue weighted by Gasteiger charge is -2.24. The Morgan fingerprint density at radius 3 is 3.07 bits per heavy atom. The third kappa shape index (κ3) is 2.02. The van der Waals surface area contributed by atoms with Crippen LogP contribution in [0, 0.1) is 0 Å². The predicted molar refractivity (Wildman–Crippen MR) is 54.4 cm³/mol. The summed E-state index contributed by atoms with van der Waals surface area (Å²) in [6.45, 7) is 2.99. The molecule has 0 saturated carbocycles. The quantitative estimate of drug-likeness (QED) is 0.710. The fourth-order valence-corrected chi connectivity index (χ4v) is 1.63. The Morgan fingerprint density at radius 2 is 2.36 bits per heavy atom. The first-order chi connectivity index (χ1) is 6.90. The molecule has 1 saturated heterocycles. The number of nitrogens with one attached hydrogen (secondary N) is 2. The van der Waals surface area contributed by atoms with Gasteiger partial charge in [-0.15, -0.1) is 0 Å². The van der Waals surface area contributed by atoms with Crippen LogP contribution in [0.3, 0.4) is 0 Å². The molecule has 0 unspecified atom stereocenters. The van der Waals surface area contributed by atoms with E-state index in [0.29, 0.717) is 6.04 Å². The molecule has 14 heavy (non-hydrogen) atoms. The van der Waals surface area contributed by atoms with Gasteiger partial charge in [0.15, 0.2) is 0 Å². The van der Waals surface area contributed by atoms with Crippen LogP contribution in [0.2, 0.25) is 0 Å². The number of nitrogens with zero attached hydrogens (tertiary/aromatic N) is 1. The molecule has 0 amide bonds. The zero-order valence-electron chi connectivity index (χ0n) is 8.29. The number of aromatic nitrogens is 1. The minimum Gasteiger partial charge on any atom is -0.495 e. The van der Waals surface area contributed by atoms with Gasteiger partial charge in [-0.05, 0) is 11.6 Å². The zero-order valence-corrected chi connectivity index (χ0v) is 8.29. The summed E-state index contributed by atoms with van der Waals surface area (Å²) in [6, 6.07) is 2.38. The van der Waals surface area contributed by atoms with E-state index < -0.39 is 0 Å². The van der Waals surface area contributed by atoms with Gasteiger partial charge in [0.05, 0.1) is 13.3 Å². The van der Waals surface area contributed by atoms with Crippen molar-refractivity contribution < 1.29 is 4.74 Å². The summed E-state index contributed by atoms with van der Waals surface area (Å²) in [4.78, 5) is 4.14. The largest absolute Gasteiger partial charge is 0.495 e. The van der Waals surface area contributed by atoms with Crippen LogP contribution in [0.5, 0.6) is 5.75 Å². The second-order valence-electron chi connectivity index (χ2n) is 3.37. The Bertz CT molecular complexity index is 297. The molecular weight excluding hydrogens is 178 g/mol. The molecule has 0 bridgehead atoms. The van der Waals surface area contributed by atoms with E-state index in [4.69, 9.17) is 4.74 Å². The highest BCUT2D eigenvalue weighted by Gasteiger charge is 2.14. The van der Waals surface area contributed by atoms with Crippen molar-refractivity contribution in [1.29, 1.82) is 0 Å². The summed E-state index contributed by atoms with van der Waals surface area (Å²) in [5, 5.41) is 6.77. The second kappa shape index (κ2) is 4.39. The molecule has 1 aromatic rings. The summed E-state index contributed by atoms with van der Waals surface area (Å²) in [5.74, 6) is 0.815. The molecule has 1 aliphatic rings. The van der Waals surface area contributed by atoms with Crippen LogP contribution in [-0.2, 0) is 0 Å². The van der Waals surface area contributed by atoms with E-state index in [1.165, 1.54) is 5.56 Å². The van der Waals surface area contributed by atoms with Gasteiger partial charge in [0.1, 0.15) is 5.75 Å². The Morgan fingerprint density at radius 1 is 1.43 bits per heavy atom. The van der Waals surface area contributed by atoms with Crippen LogP contribution in [0.4, 0.5) is 0 Å². The van der Waals surface area contributed by atoms with Crippen LogP contribution >= 0.6 is 0 Å². The van der Waals surface area contributed by atoms with E-state index in [1.807, 2.05) is 12.3 Å². The standard InChI is InChI=1S/C10H15N3O/c1-14-9-4-8(5-12-6-9)10-7-11-2-3-13-10/h4-6,10-11,13H,2-3,7H2,1H3/t10-/m1/s1. The first-order valence-electron chi connectivity index (χ1n) is 4.83. The van der Waals surface area contributed by atoms with Crippen LogP contribution < -0.4 is 15.4 Å². The van der Waals surface area contributed by atoms with Gasteiger partial charge in [-0.25, -0.2) is 0 Å². The number of hydrogen-bond donors (Lipinski definition) is 2. The first-order valence-corrected chi connectivity index (χ1v) is 4.83. The maximum absolute atomic E-state index is 5.13. The maximum atomic E-state index is 5.13. The highest BCUT2D eigenvalue weighted by molar-refractivity contribution is 5.26. The Hall–Kier alpha value is -1.13. The lowest BCUT2D eigenvalue weighted by atomic mass is 10.1. The second-order valence-corrected chi connectivity index (χ2v) is 3.37. The molecule has 1 atom stereocenters. The number of rotatable bonds is 2. The molecule has 76 valence electrons. The highest BCUT2D eigenvalue weighted by atomic mass is 16.5. The third-order valence-corrected chi connectivity index (χ3v) is 2.41. The van der Waals surface area contributed by atoms with Crippen LogP contribution in [0.25, 0.3) is 0 Å². The number of ether oxygens (including phenoxy) is 1. The van der Waals surface area contributed by atoms with Gasteiger partial charge in [0.2, 0.25) is 0 Å². The van der Waals surface area contributed by atoms with Crippen molar-refractivity contribution in [2.45, 2.75) is 6.04 Å². The van der Waals surface area contributed by atoms with Crippen LogP contribution in [0.15, 0.2) is 18.5 Å². The molecule has 0 spiro atoms. The number of piperazine rings is 1. The van der Waals surface area contributed by atoms with E-state index in [0.717, 1.165) is 25.4 Å². The van der Waals surface area contributed by atoms with E-state index in [-0.39, 0.29) is 0 Å². The predicted octanol–water partition coefficient (Wildman–Crippen LogP) is 0.324. The third-order valence-electron chi connectivity index (χ3n) is 2.41. The molecule has 0 aliphatic carbocycles. The highest BCUT2D eigenvalue weighted by Crippen LogP contribution is 2.17. The summed E-state index contributed by atoms with van der Waals surface area (Å²) < 4.78 is 5.13. The van der Waals surface area contributed by atoms with Gasteiger partial charge in [-0.1, -0.05) is 0 Å². The van der Waals surface area contributed by atoms with E-state index in [9.17, 15) is 0 Å². The Labute approximate surface area is 83.7 Å². The average molecular weight is 193 g/mol. The molecule has 0 radical (unpaired) electrons. The van der Waals surface area contributed by atoms with E-state index >= 15 is 0 Å². The topological polar surface area (TPSA) is 46.2 Å². The fraction of sp³-hybridized carbons (Fsp3) is 0.500. The molecule has 1 aliphatic heterocycles. The number of methoxy groups -OCH3 is 1. The van der Waals surface area contributed by atoms with E-state index in [1.54, 1.807) is 13.3 Å². The van der Waals surface area contributed by atoms with Gasteiger partial charge in [0, 0.05) is 31.9 Å². The summed E-state index contributed by atoms with van der Waals surface area (Å²) >= 11 is 0. The van der Waals surface area contributed by atoms with Gasteiger partial charge < -0.3 is 15.4 Å².